The molecule has 0 aliphatic carbocycles. The highest BCUT2D eigenvalue weighted by Crippen LogP contribution is 2.50. The Morgan fingerprint density at radius 3 is 1.77 bits per heavy atom. The first-order valence-electron chi connectivity index (χ1n) is 19.3. The van der Waals surface area contributed by atoms with Crippen LogP contribution in [0.15, 0.2) is 212 Å². The third kappa shape index (κ3) is 5.20. The van der Waals surface area contributed by atoms with Gasteiger partial charge in [-0.05, 0) is 99.6 Å². The summed E-state index contributed by atoms with van der Waals surface area (Å²) in [6, 6.07) is 77.2. The Morgan fingerprint density at radius 2 is 1.00 bits per heavy atom. The molecule has 0 atom stereocenters. The van der Waals surface area contributed by atoms with Crippen LogP contribution < -0.4 is 9.80 Å². The molecule has 0 bridgehead atoms. The summed E-state index contributed by atoms with van der Waals surface area (Å²) in [4.78, 5) is 4.92. The molecule has 264 valence electrons. The number of aromatic nitrogens is 1. The predicted molar refractivity (Wildman–Crippen MR) is 236 cm³/mol. The minimum Gasteiger partial charge on any atom is -0.310 e. The van der Waals surface area contributed by atoms with Crippen LogP contribution in [0.4, 0.5) is 34.3 Å². The van der Waals surface area contributed by atoms with Gasteiger partial charge in [-0.25, -0.2) is 0 Å². The molecule has 0 N–H and O–H groups in total. The van der Waals surface area contributed by atoms with Crippen LogP contribution in [0.1, 0.15) is 11.1 Å². The maximum Gasteiger partial charge on any atom is 0.127 e. The lowest BCUT2D eigenvalue weighted by molar-refractivity contribution is 1.01. The van der Waals surface area contributed by atoms with Gasteiger partial charge < -0.3 is 4.90 Å². The van der Waals surface area contributed by atoms with Gasteiger partial charge in [-0.3, -0.25) is 9.47 Å². The average molecular weight is 716 g/mol. The molecular weight excluding hydrogens is 679 g/mol. The maximum atomic E-state index is 2.46. The van der Waals surface area contributed by atoms with E-state index in [0.717, 1.165) is 34.9 Å². The molecule has 0 saturated carbocycles. The van der Waals surface area contributed by atoms with Crippen molar-refractivity contribution in [2.45, 2.75) is 6.42 Å². The van der Waals surface area contributed by atoms with E-state index in [9.17, 15) is 0 Å². The van der Waals surface area contributed by atoms with E-state index < -0.39 is 0 Å². The fourth-order valence-electron chi connectivity index (χ4n) is 8.82. The van der Waals surface area contributed by atoms with Crippen LogP contribution in [0.2, 0.25) is 0 Å². The second-order valence-corrected chi connectivity index (χ2v) is 14.6. The van der Waals surface area contributed by atoms with E-state index in [1.165, 1.54) is 66.2 Å². The first-order valence-corrected chi connectivity index (χ1v) is 19.3. The predicted octanol–water partition coefficient (Wildman–Crippen LogP) is 14.4. The largest absolute Gasteiger partial charge is 0.310 e. The number of anilines is 6. The van der Waals surface area contributed by atoms with Crippen molar-refractivity contribution >= 4 is 66.7 Å². The highest BCUT2D eigenvalue weighted by Gasteiger charge is 2.31. The summed E-state index contributed by atoms with van der Waals surface area (Å²) in [6.45, 7) is 0. The van der Waals surface area contributed by atoms with Crippen molar-refractivity contribution in [3.8, 4) is 16.8 Å². The molecule has 10 aromatic rings. The van der Waals surface area contributed by atoms with Gasteiger partial charge in [0, 0.05) is 45.5 Å². The number of nitrogens with zero attached hydrogens (tertiary/aromatic N) is 3. The van der Waals surface area contributed by atoms with Crippen LogP contribution in [-0.4, -0.2) is 4.57 Å². The molecule has 0 radical (unpaired) electrons. The SMILES string of the molecule is c1ccc(-c2ccc(N(c3ccc4c(c3)c3c(n4-c4ccccc4)N(c4ccccc4)c4ccccc4C3)c3cc4ccccc4c4ccccc34)cc2)cc1. The zero-order valence-corrected chi connectivity index (χ0v) is 30.8. The van der Waals surface area contributed by atoms with Crippen molar-refractivity contribution in [3.63, 3.8) is 0 Å². The molecule has 0 unspecified atom stereocenters. The third-order valence-electron chi connectivity index (χ3n) is 11.3. The molecule has 1 aromatic heterocycles. The van der Waals surface area contributed by atoms with Gasteiger partial charge in [0.05, 0.1) is 16.9 Å². The normalized spacial score (nSPS) is 12.2. The molecular formula is C53H37N3. The first-order chi connectivity index (χ1) is 27.8. The Hall–Kier alpha value is -7.36. The zero-order chi connectivity index (χ0) is 37.0. The minimum atomic E-state index is 0.833. The van der Waals surface area contributed by atoms with E-state index in [4.69, 9.17) is 0 Å². The van der Waals surface area contributed by atoms with Crippen LogP contribution >= 0.6 is 0 Å². The fourth-order valence-corrected chi connectivity index (χ4v) is 8.82. The third-order valence-corrected chi connectivity index (χ3v) is 11.3. The van der Waals surface area contributed by atoms with E-state index in [2.05, 4.69) is 227 Å². The van der Waals surface area contributed by atoms with Crippen LogP contribution in [0.3, 0.4) is 0 Å². The molecule has 11 rings (SSSR count). The van der Waals surface area contributed by atoms with Crippen LogP contribution in [-0.2, 0) is 6.42 Å². The smallest absolute Gasteiger partial charge is 0.127 e. The molecule has 0 saturated heterocycles. The van der Waals surface area contributed by atoms with Crippen molar-refractivity contribution in [1.29, 1.82) is 0 Å². The van der Waals surface area contributed by atoms with E-state index in [1.54, 1.807) is 0 Å². The Labute approximate surface area is 326 Å². The number of rotatable bonds is 6. The van der Waals surface area contributed by atoms with Crippen molar-refractivity contribution < 1.29 is 0 Å². The van der Waals surface area contributed by atoms with Gasteiger partial charge in [0.1, 0.15) is 5.82 Å². The maximum absolute atomic E-state index is 2.46. The summed E-state index contributed by atoms with van der Waals surface area (Å²) < 4.78 is 2.46. The van der Waals surface area contributed by atoms with Crippen molar-refractivity contribution in [2.75, 3.05) is 9.80 Å². The van der Waals surface area contributed by atoms with Gasteiger partial charge >= 0.3 is 0 Å². The molecule has 9 aromatic carbocycles. The summed E-state index contributed by atoms with van der Waals surface area (Å²) in [6.07, 6.45) is 0.833. The number of hydrogen-bond acceptors (Lipinski definition) is 2. The molecule has 0 fully saturated rings. The van der Waals surface area contributed by atoms with Gasteiger partial charge in [0.2, 0.25) is 0 Å². The van der Waals surface area contributed by atoms with Crippen molar-refractivity contribution in [3.05, 3.63) is 223 Å². The van der Waals surface area contributed by atoms with Crippen LogP contribution in [0.25, 0.3) is 49.3 Å². The number of benzene rings is 9. The second kappa shape index (κ2) is 13.2. The lowest BCUT2D eigenvalue weighted by atomic mass is 9.96. The van der Waals surface area contributed by atoms with Crippen molar-refractivity contribution in [1.82, 2.24) is 4.57 Å². The number of hydrogen-bond donors (Lipinski definition) is 0. The van der Waals surface area contributed by atoms with Crippen molar-refractivity contribution in [2.24, 2.45) is 0 Å². The van der Waals surface area contributed by atoms with Crippen LogP contribution in [0, 0.1) is 0 Å². The van der Waals surface area contributed by atoms with Gasteiger partial charge in [0.15, 0.2) is 0 Å². The Bertz CT molecular complexity index is 3040. The molecule has 3 heteroatoms. The summed E-state index contributed by atoms with van der Waals surface area (Å²) in [5.74, 6) is 1.18. The zero-order valence-electron chi connectivity index (χ0n) is 30.8. The quantitative estimate of drug-likeness (QED) is 0.159. The average Bonchev–Trinajstić information content (AvgIpc) is 3.60. The minimum absolute atomic E-state index is 0.833. The molecule has 3 nitrogen and oxygen atoms in total. The highest BCUT2D eigenvalue weighted by molar-refractivity contribution is 6.15. The molecule has 1 aliphatic rings. The van der Waals surface area contributed by atoms with Gasteiger partial charge in [-0.2, -0.15) is 0 Å². The van der Waals surface area contributed by atoms with Gasteiger partial charge in [0.25, 0.3) is 0 Å². The standard InChI is InChI=1S/C53H37N3/c1-4-16-37(17-5-1)38-28-30-43(31-29-38)54(52-35-39-18-10-12-24-45(39)46-25-13-14-26-47(46)52)44-32-33-51-48(36-44)49-34-40-19-11-15-27-50(40)55(41-20-6-2-7-21-41)53(49)56(51)42-22-8-3-9-23-42/h1-33,35-36H,34H2. The van der Waals surface area contributed by atoms with E-state index in [0.29, 0.717) is 0 Å². The molecule has 2 heterocycles. The second-order valence-electron chi connectivity index (χ2n) is 14.6. The van der Waals surface area contributed by atoms with Crippen LogP contribution in [0.5, 0.6) is 0 Å². The first kappa shape index (κ1) is 32.1. The number of para-hydroxylation sites is 3. The Balaban J connectivity index is 1.19. The summed E-state index contributed by atoms with van der Waals surface area (Å²) in [5, 5.41) is 6.18. The summed E-state index contributed by atoms with van der Waals surface area (Å²) in [5.41, 5.74) is 13.1. The van der Waals surface area contributed by atoms with E-state index in [-0.39, 0.29) is 0 Å². The number of fused-ring (bicyclic) bond motifs is 7. The van der Waals surface area contributed by atoms with Gasteiger partial charge in [-0.15, -0.1) is 0 Å². The topological polar surface area (TPSA) is 11.4 Å². The lowest BCUT2D eigenvalue weighted by Gasteiger charge is -2.33. The van der Waals surface area contributed by atoms with Gasteiger partial charge in [-0.1, -0.05) is 146 Å². The summed E-state index contributed by atoms with van der Waals surface area (Å²) in [7, 11) is 0. The van der Waals surface area contributed by atoms with E-state index >= 15 is 0 Å². The summed E-state index contributed by atoms with van der Waals surface area (Å²) >= 11 is 0. The molecule has 0 amide bonds. The lowest BCUT2D eigenvalue weighted by Crippen LogP contribution is -2.20. The van der Waals surface area contributed by atoms with E-state index in [1.807, 2.05) is 0 Å². The highest BCUT2D eigenvalue weighted by atomic mass is 15.3. The monoisotopic (exact) mass is 715 g/mol. The Morgan fingerprint density at radius 1 is 0.411 bits per heavy atom. The molecule has 1 aliphatic heterocycles. The Kier molecular flexibility index (Phi) is 7.56. The fraction of sp³-hybridized carbons (Fsp3) is 0.0189. The molecule has 0 spiro atoms. The molecule has 56 heavy (non-hydrogen) atoms.